The van der Waals surface area contributed by atoms with E-state index in [1.807, 2.05) is 10.6 Å². The summed E-state index contributed by atoms with van der Waals surface area (Å²) in [5, 5.41) is 17.8. The molecule has 0 aliphatic rings. The highest BCUT2D eigenvalue weighted by Gasteiger charge is 2.17. The number of aliphatic hydroxyl groups excluding tert-OH is 1. The summed E-state index contributed by atoms with van der Waals surface area (Å²) in [7, 11) is 0. The number of hydrogen-bond acceptors (Lipinski definition) is 3. The molecule has 1 heterocycles. The van der Waals surface area contributed by atoms with Gasteiger partial charge in [-0.2, -0.15) is 0 Å². The smallest absolute Gasteiger partial charge is 0.164 e. The van der Waals surface area contributed by atoms with Crippen molar-refractivity contribution in [2.45, 2.75) is 40.8 Å². The second-order valence-corrected chi connectivity index (χ2v) is 5.37. The lowest BCUT2D eigenvalue weighted by atomic mass is 10.0. The quantitative estimate of drug-likeness (QED) is 0.918. The van der Waals surface area contributed by atoms with Crippen LogP contribution < -0.4 is 0 Å². The molecule has 0 atom stereocenters. The Balaban J connectivity index is 2.59. The minimum Gasteiger partial charge on any atom is -0.388 e. The van der Waals surface area contributed by atoms with Crippen molar-refractivity contribution in [3.05, 3.63) is 35.2 Å². The Morgan fingerprint density at radius 2 is 1.79 bits per heavy atom. The van der Waals surface area contributed by atoms with Crippen molar-refractivity contribution < 1.29 is 5.11 Å². The third-order valence-corrected chi connectivity index (χ3v) is 3.22. The number of hydrogen-bond donors (Lipinski definition) is 1. The molecule has 0 saturated carbocycles. The van der Waals surface area contributed by atoms with E-state index in [1.165, 1.54) is 11.1 Å². The summed E-state index contributed by atoms with van der Waals surface area (Å²) in [4.78, 5) is 0. The van der Waals surface area contributed by atoms with Crippen LogP contribution in [0.3, 0.4) is 0 Å². The summed E-state index contributed by atoms with van der Waals surface area (Å²) < 4.78 is 2.03. The van der Waals surface area contributed by atoms with E-state index in [0.29, 0.717) is 11.7 Å². The van der Waals surface area contributed by atoms with E-state index in [4.69, 9.17) is 0 Å². The standard InChI is InChI=1S/C15H21N3O/c1-10(2)8-18-13(9-19)16-17-15(18)14-11(3)6-5-7-12(14)4/h5-7,10,19H,8-9H2,1-4H3. The highest BCUT2D eigenvalue weighted by Crippen LogP contribution is 2.26. The fourth-order valence-corrected chi connectivity index (χ4v) is 2.36. The molecule has 0 fully saturated rings. The minimum absolute atomic E-state index is 0.0787. The molecule has 2 rings (SSSR count). The van der Waals surface area contributed by atoms with Crippen molar-refractivity contribution in [1.29, 1.82) is 0 Å². The molecule has 0 amide bonds. The van der Waals surface area contributed by atoms with E-state index in [9.17, 15) is 5.11 Å². The maximum atomic E-state index is 9.41. The van der Waals surface area contributed by atoms with Crippen LogP contribution in [0.15, 0.2) is 18.2 Å². The molecule has 1 N–H and O–H groups in total. The molecule has 1 aromatic carbocycles. The first-order valence-corrected chi connectivity index (χ1v) is 6.64. The first kappa shape index (κ1) is 13.7. The second kappa shape index (κ2) is 5.53. The van der Waals surface area contributed by atoms with E-state index < -0.39 is 0 Å². The molecule has 0 saturated heterocycles. The van der Waals surface area contributed by atoms with Gasteiger partial charge in [0.2, 0.25) is 0 Å². The number of nitrogens with zero attached hydrogens (tertiary/aromatic N) is 3. The molecule has 1 aromatic heterocycles. The monoisotopic (exact) mass is 259 g/mol. The number of rotatable bonds is 4. The van der Waals surface area contributed by atoms with Gasteiger partial charge in [-0.1, -0.05) is 32.0 Å². The van der Waals surface area contributed by atoms with Crippen molar-refractivity contribution in [1.82, 2.24) is 14.8 Å². The largest absolute Gasteiger partial charge is 0.388 e. The Hall–Kier alpha value is -1.68. The number of benzene rings is 1. The SMILES string of the molecule is Cc1cccc(C)c1-c1nnc(CO)n1CC(C)C. The molecule has 19 heavy (non-hydrogen) atoms. The Morgan fingerprint density at radius 3 is 2.32 bits per heavy atom. The predicted octanol–water partition coefficient (Wildman–Crippen LogP) is 2.71. The van der Waals surface area contributed by atoms with Crippen LogP contribution in [0.4, 0.5) is 0 Å². The fraction of sp³-hybridized carbons (Fsp3) is 0.467. The normalized spacial score (nSPS) is 11.3. The summed E-state index contributed by atoms with van der Waals surface area (Å²) in [6.45, 7) is 9.19. The van der Waals surface area contributed by atoms with Gasteiger partial charge >= 0.3 is 0 Å². The van der Waals surface area contributed by atoms with Gasteiger partial charge in [-0.05, 0) is 30.9 Å². The highest BCUT2D eigenvalue weighted by atomic mass is 16.3. The molecule has 0 aliphatic heterocycles. The van der Waals surface area contributed by atoms with Crippen LogP contribution in [-0.2, 0) is 13.2 Å². The molecule has 4 heteroatoms. The maximum Gasteiger partial charge on any atom is 0.164 e. The lowest BCUT2D eigenvalue weighted by molar-refractivity contribution is 0.262. The van der Waals surface area contributed by atoms with Crippen molar-refractivity contribution in [3.63, 3.8) is 0 Å². The van der Waals surface area contributed by atoms with Crippen LogP contribution >= 0.6 is 0 Å². The van der Waals surface area contributed by atoms with Crippen molar-refractivity contribution >= 4 is 0 Å². The Morgan fingerprint density at radius 1 is 1.16 bits per heavy atom. The fourth-order valence-electron chi connectivity index (χ4n) is 2.36. The van der Waals surface area contributed by atoms with Crippen LogP contribution in [0.5, 0.6) is 0 Å². The first-order valence-electron chi connectivity index (χ1n) is 6.64. The van der Waals surface area contributed by atoms with Gasteiger partial charge < -0.3 is 9.67 Å². The van der Waals surface area contributed by atoms with Crippen molar-refractivity contribution in [2.24, 2.45) is 5.92 Å². The van der Waals surface area contributed by atoms with Gasteiger partial charge in [-0.3, -0.25) is 0 Å². The average Bonchev–Trinajstić information content (AvgIpc) is 2.71. The van der Waals surface area contributed by atoms with Crippen LogP contribution in [0.2, 0.25) is 0 Å². The van der Waals surface area contributed by atoms with E-state index in [1.54, 1.807) is 0 Å². The van der Waals surface area contributed by atoms with E-state index in [-0.39, 0.29) is 6.61 Å². The molecule has 0 radical (unpaired) electrons. The molecule has 4 nitrogen and oxygen atoms in total. The molecule has 2 aromatic rings. The summed E-state index contributed by atoms with van der Waals surface area (Å²) in [6, 6.07) is 6.20. The molecule has 0 spiro atoms. The second-order valence-electron chi connectivity index (χ2n) is 5.37. The van der Waals surface area contributed by atoms with Gasteiger partial charge in [0.1, 0.15) is 6.61 Å². The number of aromatic nitrogens is 3. The van der Waals surface area contributed by atoms with E-state index in [2.05, 4.69) is 50.0 Å². The van der Waals surface area contributed by atoms with E-state index >= 15 is 0 Å². The summed E-state index contributed by atoms with van der Waals surface area (Å²) in [6.07, 6.45) is 0. The first-order chi connectivity index (χ1) is 9.04. The van der Waals surface area contributed by atoms with Gasteiger partial charge in [0.25, 0.3) is 0 Å². The zero-order valence-electron chi connectivity index (χ0n) is 12.0. The Labute approximate surface area is 114 Å². The van der Waals surface area contributed by atoms with Crippen LogP contribution in [0, 0.1) is 19.8 Å². The summed E-state index contributed by atoms with van der Waals surface area (Å²) in [5.41, 5.74) is 3.49. The lowest BCUT2D eigenvalue weighted by Crippen LogP contribution is -2.11. The molecule has 0 bridgehead atoms. The topological polar surface area (TPSA) is 50.9 Å². The lowest BCUT2D eigenvalue weighted by Gasteiger charge is -2.14. The number of aryl methyl sites for hydroxylation is 2. The van der Waals surface area contributed by atoms with Gasteiger partial charge in [-0.25, -0.2) is 0 Å². The summed E-state index contributed by atoms with van der Waals surface area (Å²) >= 11 is 0. The molecule has 0 aliphatic carbocycles. The zero-order chi connectivity index (χ0) is 14.0. The Bertz CT molecular complexity index is 553. The molecular weight excluding hydrogens is 238 g/mol. The average molecular weight is 259 g/mol. The molecule has 0 unspecified atom stereocenters. The van der Waals surface area contributed by atoms with Gasteiger partial charge in [0.15, 0.2) is 11.6 Å². The highest BCUT2D eigenvalue weighted by molar-refractivity contribution is 5.64. The van der Waals surface area contributed by atoms with Crippen LogP contribution in [0.1, 0.15) is 30.8 Å². The van der Waals surface area contributed by atoms with Gasteiger partial charge in [0.05, 0.1) is 0 Å². The number of aliphatic hydroxyl groups is 1. The minimum atomic E-state index is -0.0787. The van der Waals surface area contributed by atoms with Crippen molar-refractivity contribution in [2.75, 3.05) is 0 Å². The third kappa shape index (κ3) is 2.68. The summed E-state index contributed by atoms with van der Waals surface area (Å²) in [5.74, 6) is 1.96. The molecule has 102 valence electrons. The zero-order valence-corrected chi connectivity index (χ0v) is 12.0. The van der Waals surface area contributed by atoms with Gasteiger partial charge in [0, 0.05) is 12.1 Å². The third-order valence-electron chi connectivity index (χ3n) is 3.22. The maximum absolute atomic E-state index is 9.41. The molecular formula is C15H21N3O. The Kier molecular flexibility index (Phi) is 4.00. The predicted molar refractivity (Wildman–Crippen MR) is 75.7 cm³/mol. The van der Waals surface area contributed by atoms with Crippen molar-refractivity contribution in [3.8, 4) is 11.4 Å². The van der Waals surface area contributed by atoms with Gasteiger partial charge in [-0.15, -0.1) is 10.2 Å². The van der Waals surface area contributed by atoms with E-state index in [0.717, 1.165) is 17.9 Å². The van der Waals surface area contributed by atoms with Crippen LogP contribution in [0.25, 0.3) is 11.4 Å². The van der Waals surface area contributed by atoms with Crippen LogP contribution in [-0.4, -0.2) is 19.9 Å².